The fourth-order valence-electron chi connectivity index (χ4n) is 1.67. The zero-order valence-corrected chi connectivity index (χ0v) is 7.92. The molecule has 13 heavy (non-hydrogen) atoms. The third-order valence-electron chi connectivity index (χ3n) is 2.68. The highest BCUT2D eigenvalue weighted by Crippen LogP contribution is 2.31. The summed E-state index contributed by atoms with van der Waals surface area (Å²) in [6.07, 6.45) is 2.09. The van der Waals surface area contributed by atoms with Crippen LogP contribution in [0.1, 0.15) is 18.9 Å². The van der Waals surface area contributed by atoms with E-state index in [4.69, 9.17) is 10.5 Å². The number of fused-ring (bicyclic) bond motifs is 1. The van der Waals surface area contributed by atoms with Crippen molar-refractivity contribution in [3.8, 4) is 5.75 Å². The monoisotopic (exact) mass is 177 g/mol. The number of hydrogen-bond acceptors (Lipinski definition) is 2. The maximum atomic E-state index is 5.84. The van der Waals surface area contributed by atoms with Crippen molar-refractivity contribution in [3.63, 3.8) is 0 Å². The van der Waals surface area contributed by atoms with Gasteiger partial charge >= 0.3 is 0 Å². The highest BCUT2D eigenvalue weighted by Gasteiger charge is 2.29. The molecule has 0 bridgehead atoms. The molecule has 0 saturated carbocycles. The fourth-order valence-corrected chi connectivity index (χ4v) is 1.67. The van der Waals surface area contributed by atoms with Crippen LogP contribution in [0.2, 0.25) is 0 Å². The lowest BCUT2D eigenvalue weighted by Crippen LogP contribution is -2.43. The molecule has 0 amide bonds. The van der Waals surface area contributed by atoms with Gasteiger partial charge in [0.25, 0.3) is 0 Å². The van der Waals surface area contributed by atoms with E-state index in [2.05, 4.69) is 13.0 Å². The van der Waals surface area contributed by atoms with Crippen LogP contribution in [0.4, 0.5) is 0 Å². The number of nitrogens with two attached hydrogens (primary N) is 1. The lowest BCUT2D eigenvalue weighted by molar-refractivity contribution is 0.0739. The van der Waals surface area contributed by atoms with E-state index in [1.54, 1.807) is 0 Å². The number of benzene rings is 1. The number of rotatable bonds is 1. The molecule has 0 spiro atoms. The van der Waals surface area contributed by atoms with Crippen molar-refractivity contribution in [3.05, 3.63) is 29.8 Å². The Morgan fingerprint density at radius 1 is 1.46 bits per heavy atom. The largest absolute Gasteiger partial charge is 0.486 e. The molecule has 70 valence electrons. The van der Waals surface area contributed by atoms with Crippen LogP contribution < -0.4 is 10.5 Å². The van der Waals surface area contributed by atoms with Crippen LogP contribution in [-0.4, -0.2) is 12.1 Å². The maximum Gasteiger partial charge on any atom is 0.123 e. The highest BCUT2D eigenvalue weighted by molar-refractivity contribution is 5.35. The summed E-state index contributed by atoms with van der Waals surface area (Å²) in [5, 5.41) is 0. The second-order valence-corrected chi connectivity index (χ2v) is 3.86. The first-order valence-corrected chi connectivity index (χ1v) is 4.70. The molecule has 0 radical (unpaired) electrons. The van der Waals surface area contributed by atoms with E-state index in [-0.39, 0.29) is 5.60 Å². The summed E-state index contributed by atoms with van der Waals surface area (Å²) >= 11 is 0. The molecule has 1 unspecified atom stereocenters. The van der Waals surface area contributed by atoms with Crippen LogP contribution in [0.5, 0.6) is 5.75 Å². The van der Waals surface area contributed by atoms with E-state index < -0.39 is 0 Å². The molecule has 1 aromatic rings. The predicted octanol–water partition coefficient (Wildman–Crippen LogP) is 1.73. The molecule has 1 aliphatic heterocycles. The summed E-state index contributed by atoms with van der Waals surface area (Å²) in [5.74, 6) is 1.00. The van der Waals surface area contributed by atoms with Crippen LogP contribution in [0.15, 0.2) is 24.3 Å². The first kappa shape index (κ1) is 8.57. The van der Waals surface area contributed by atoms with Gasteiger partial charge in [-0.05, 0) is 31.4 Å². The third kappa shape index (κ3) is 1.54. The predicted molar refractivity (Wildman–Crippen MR) is 52.9 cm³/mol. The molecule has 0 aliphatic carbocycles. The van der Waals surface area contributed by atoms with E-state index in [0.717, 1.165) is 18.6 Å². The standard InChI is InChI=1S/C11H15NO/c1-11(8-12)7-6-9-4-2-3-5-10(9)13-11/h2-5H,6-8,12H2,1H3. The van der Waals surface area contributed by atoms with Crippen molar-refractivity contribution < 1.29 is 4.74 Å². The Morgan fingerprint density at radius 2 is 2.23 bits per heavy atom. The molecule has 0 aromatic heterocycles. The lowest BCUT2D eigenvalue weighted by Gasteiger charge is -2.34. The first-order valence-electron chi connectivity index (χ1n) is 4.70. The molecule has 2 nitrogen and oxygen atoms in total. The summed E-state index contributed by atoms with van der Waals surface area (Å²) in [7, 11) is 0. The minimum Gasteiger partial charge on any atom is -0.486 e. The molecule has 2 rings (SSSR count). The number of aryl methyl sites for hydroxylation is 1. The van der Waals surface area contributed by atoms with Crippen LogP contribution in [0.25, 0.3) is 0 Å². The summed E-state index contributed by atoms with van der Waals surface area (Å²) in [6.45, 7) is 2.66. The average molecular weight is 177 g/mol. The van der Waals surface area contributed by atoms with Gasteiger partial charge in [0.2, 0.25) is 0 Å². The van der Waals surface area contributed by atoms with Crippen molar-refractivity contribution in [2.45, 2.75) is 25.4 Å². The Kier molecular flexibility index (Phi) is 2.00. The minimum absolute atomic E-state index is 0.158. The second-order valence-electron chi connectivity index (χ2n) is 3.86. The zero-order chi connectivity index (χ0) is 9.31. The van der Waals surface area contributed by atoms with Gasteiger partial charge in [-0.15, -0.1) is 0 Å². The van der Waals surface area contributed by atoms with E-state index in [1.807, 2.05) is 18.2 Å². The Balaban J connectivity index is 2.29. The second kappa shape index (κ2) is 3.04. The fraction of sp³-hybridized carbons (Fsp3) is 0.455. The van der Waals surface area contributed by atoms with Crippen molar-refractivity contribution in [1.82, 2.24) is 0 Å². The Morgan fingerprint density at radius 3 is 3.00 bits per heavy atom. The summed E-state index contributed by atoms with van der Waals surface area (Å²) in [5.41, 5.74) is 6.81. The lowest BCUT2D eigenvalue weighted by atomic mass is 9.93. The van der Waals surface area contributed by atoms with E-state index in [9.17, 15) is 0 Å². The molecule has 1 aromatic carbocycles. The molecular weight excluding hydrogens is 162 g/mol. The van der Waals surface area contributed by atoms with Crippen LogP contribution in [0.3, 0.4) is 0 Å². The van der Waals surface area contributed by atoms with Gasteiger partial charge in [-0.1, -0.05) is 18.2 Å². The van der Waals surface area contributed by atoms with Gasteiger partial charge in [0.05, 0.1) is 0 Å². The summed E-state index contributed by atoms with van der Waals surface area (Å²) in [4.78, 5) is 0. The Bertz CT molecular complexity index is 311. The zero-order valence-electron chi connectivity index (χ0n) is 7.92. The summed E-state index contributed by atoms with van der Waals surface area (Å²) < 4.78 is 5.84. The third-order valence-corrected chi connectivity index (χ3v) is 2.68. The van der Waals surface area contributed by atoms with Gasteiger partial charge in [-0.3, -0.25) is 0 Å². The first-order chi connectivity index (χ1) is 6.23. The van der Waals surface area contributed by atoms with Gasteiger partial charge in [0.15, 0.2) is 0 Å². The van der Waals surface area contributed by atoms with Gasteiger partial charge in [-0.25, -0.2) is 0 Å². The van der Waals surface area contributed by atoms with Crippen LogP contribution in [0, 0.1) is 0 Å². The normalized spacial score (nSPS) is 26.3. The number of hydrogen-bond donors (Lipinski definition) is 1. The van der Waals surface area contributed by atoms with Gasteiger partial charge < -0.3 is 10.5 Å². The topological polar surface area (TPSA) is 35.2 Å². The van der Waals surface area contributed by atoms with Crippen LogP contribution >= 0.6 is 0 Å². The Hall–Kier alpha value is -1.02. The minimum atomic E-state index is -0.158. The smallest absolute Gasteiger partial charge is 0.123 e. The van der Waals surface area contributed by atoms with Crippen LogP contribution in [-0.2, 0) is 6.42 Å². The molecule has 1 heterocycles. The van der Waals surface area contributed by atoms with Gasteiger partial charge in [0.1, 0.15) is 11.4 Å². The van der Waals surface area contributed by atoms with E-state index in [1.165, 1.54) is 5.56 Å². The molecule has 0 saturated heterocycles. The number of para-hydroxylation sites is 1. The highest BCUT2D eigenvalue weighted by atomic mass is 16.5. The van der Waals surface area contributed by atoms with Crippen molar-refractivity contribution in [2.75, 3.05) is 6.54 Å². The molecule has 2 N–H and O–H groups in total. The molecule has 0 fully saturated rings. The SMILES string of the molecule is CC1(CN)CCc2ccccc2O1. The van der Waals surface area contributed by atoms with Crippen molar-refractivity contribution in [1.29, 1.82) is 0 Å². The van der Waals surface area contributed by atoms with E-state index >= 15 is 0 Å². The molecular formula is C11H15NO. The Labute approximate surface area is 78.7 Å². The number of ether oxygens (including phenoxy) is 1. The summed E-state index contributed by atoms with van der Waals surface area (Å²) in [6, 6.07) is 8.18. The van der Waals surface area contributed by atoms with Crippen molar-refractivity contribution in [2.24, 2.45) is 5.73 Å². The van der Waals surface area contributed by atoms with Crippen molar-refractivity contribution >= 4 is 0 Å². The molecule has 2 heteroatoms. The maximum absolute atomic E-state index is 5.84. The molecule has 1 atom stereocenters. The molecule has 1 aliphatic rings. The quantitative estimate of drug-likeness (QED) is 0.709. The van der Waals surface area contributed by atoms with E-state index in [0.29, 0.717) is 6.54 Å². The van der Waals surface area contributed by atoms with Gasteiger partial charge in [-0.2, -0.15) is 0 Å². The van der Waals surface area contributed by atoms with Gasteiger partial charge in [0, 0.05) is 6.54 Å². The average Bonchev–Trinajstić information content (AvgIpc) is 2.18.